The SMILES string of the molecule is CNC(C)Cc1noc(-c2c(C)cc(=O)n(CC(=O)NC(C)C)c2C)n1. The summed E-state index contributed by atoms with van der Waals surface area (Å²) < 4.78 is 6.85. The molecule has 2 rings (SSSR count). The molecule has 0 saturated heterocycles. The molecule has 0 radical (unpaired) electrons. The van der Waals surface area contributed by atoms with Crippen molar-refractivity contribution in [2.24, 2.45) is 0 Å². The van der Waals surface area contributed by atoms with Gasteiger partial charge < -0.3 is 19.7 Å². The molecule has 0 aromatic carbocycles. The smallest absolute Gasteiger partial charge is 0.259 e. The molecule has 0 aliphatic carbocycles. The highest BCUT2D eigenvalue weighted by molar-refractivity contribution is 5.76. The minimum absolute atomic E-state index is 0.0103. The number of rotatable bonds is 7. The Bertz CT molecular complexity index is 838. The fraction of sp³-hybridized carbons (Fsp3) is 0.556. The zero-order valence-electron chi connectivity index (χ0n) is 16.2. The summed E-state index contributed by atoms with van der Waals surface area (Å²) in [7, 11) is 1.87. The Balaban J connectivity index is 2.39. The molecule has 2 heterocycles. The molecular weight excluding hydrogens is 334 g/mol. The van der Waals surface area contributed by atoms with E-state index in [9.17, 15) is 9.59 Å². The summed E-state index contributed by atoms with van der Waals surface area (Å²) >= 11 is 0. The topological polar surface area (TPSA) is 102 Å². The number of nitrogens with one attached hydrogen (secondary N) is 2. The van der Waals surface area contributed by atoms with Crippen molar-refractivity contribution in [2.45, 2.75) is 59.7 Å². The Morgan fingerprint density at radius 1 is 1.31 bits per heavy atom. The van der Waals surface area contributed by atoms with Crippen LogP contribution >= 0.6 is 0 Å². The minimum atomic E-state index is -0.230. The third-order valence-corrected chi connectivity index (χ3v) is 4.18. The summed E-state index contributed by atoms with van der Waals surface area (Å²) in [5.74, 6) is 0.737. The minimum Gasteiger partial charge on any atom is -0.352 e. The largest absolute Gasteiger partial charge is 0.352 e. The van der Waals surface area contributed by atoms with Crippen LogP contribution < -0.4 is 16.2 Å². The first-order chi connectivity index (χ1) is 12.2. The second-order valence-corrected chi connectivity index (χ2v) is 6.84. The molecule has 1 amide bonds. The number of carbonyl (C=O) groups excluding carboxylic acids is 1. The number of pyridine rings is 1. The average Bonchev–Trinajstić information content (AvgIpc) is 2.98. The van der Waals surface area contributed by atoms with Crippen LogP contribution in [-0.2, 0) is 17.8 Å². The molecule has 0 fully saturated rings. The van der Waals surface area contributed by atoms with Gasteiger partial charge >= 0.3 is 0 Å². The molecule has 0 aliphatic rings. The van der Waals surface area contributed by atoms with E-state index in [1.165, 1.54) is 10.6 Å². The van der Waals surface area contributed by atoms with Gasteiger partial charge in [0.2, 0.25) is 5.91 Å². The highest BCUT2D eigenvalue weighted by atomic mass is 16.5. The van der Waals surface area contributed by atoms with Crippen LogP contribution in [0.25, 0.3) is 11.5 Å². The van der Waals surface area contributed by atoms with Crippen LogP contribution in [0.5, 0.6) is 0 Å². The molecule has 2 aromatic rings. The van der Waals surface area contributed by atoms with Crippen LogP contribution in [0.3, 0.4) is 0 Å². The Morgan fingerprint density at radius 2 is 2.00 bits per heavy atom. The first kappa shape index (κ1) is 19.8. The van der Waals surface area contributed by atoms with Gasteiger partial charge in [0.05, 0.1) is 5.56 Å². The number of nitrogens with zero attached hydrogens (tertiary/aromatic N) is 3. The van der Waals surface area contributed by atoms with Crippen molar-refractivity contribution in [3.05, 3.63) is 33.5 Å². The van der Waals surface area contributed by atoms with Crippen molar-refractivity contribution < 1.29 is 9.32 Å². The lowest BCUT2D eigenvalue weighted by atomic mass is 10.1. The fourth-order valence-corrected chi connectivity index (χ4v) is 2.77. The molecule has 0 saturated carbocycles. The predicted octanol–water partition coefficient (Wildman–Crippen LogP) is 1.19. The third-order valence-electron chi connectivity index (χ3n) is 4.18. The van der Waals surface area contributed by atoms with Crippen LogP contribution in [0.2, 0.25) is 0 Å². The lowest BCUT2D eigenvalue weighted by Gasteiger charge is -2.15. The van der Waals surface area contributed by atoms with Crippen LogP contribution in [0.15, 0.2) is 15.4 Å². The molecule has 8 nitrogen and oxygen atoms in total. The molecule has 0 aliphatic heterocycles. The summed E-state index contributed by atoms with van der Waals surface area (Å²) in [6.45, 7) is 9.34. The average molecular weight is 361 g/mol. The van der Waals surface area contributed by atoms with E-state index in [0.29, 0.717) is 29.4 Å². The molecule has 0 spiro atoms. The number of amides is 1. The van der Waals surface area contributed by atoms with Crippen LogP contribution in [0.4, 0.5) is 0 Å². The predicted molar refractivity (Wildman–Crippen MR) is 99.0 cm³/mol. The summed E-state index contributed by atoms with van der Waals surface area (Å²) in [6.07, 6.45) is 0.633. The van der Waals surface area contributed by atoms with Crippen LogP contribution in [-0.4, -0.2) is 39.7 Å². The number of likely N-dealkylation sites (N-methyl/N-ethyl adjacent to an activating group) is 1. The van der Waals surface area contributed by atoms with Crippen molar-refractivity contribution in [3.63, 3.8) is 0 Å². The first-order valence-corrected chi connectivity index (χ1v) is 8.73. The molecule has 0 bridgehead atoms. The zero-order chi connectivity index (χ0) is 19.4. The molecular formula is C18H27N5O3. The number of hydrogen-bond donors (Lipinski definition) is 2. The van der Waals surface area contributed by atoms with Gasteiger partial charge in [0.1, 0.15) is 6.54 Å². The van der Waals surface area contributed by atoms with E-state index in [1.807, 2.05) is 34.7 Å². The zero-order valence-corrected chi connectivity index (χ0v) is 16.2. The lowest BCUT2D eigenvalue weighted by molar-refractivity contribution is -0.122. The molecule has 1 unspecified atom stereocenters. The van der Waals surface area contributed by atoms with Gasteiger partial charge in [0.25, 0.3) is 11.4 Å². The second kappa shape index (κ2) is 8.27. The number of aromatic nitrogens is 3. The van der Waals surface area contributed by atoms with Crippen LogP contribution in [0, 0.1) is 13.8 Å². The summed E-state index contributed by atoms with van der Waals surface area (Å²) in [5, 5.41) is 9.94. The quantitative estimate of drug-likeness (QED) is 0.768. The Kier molecular flexibility index (Phi) is 6.31. The summed E-state index contributed by atoms with van der Waals surface area (Å²) in [6, 6.07) is 1.72. The van der Waals surface area contributed by atoms with E-state index in [1.54, 1.807) is 6.92 Å². The van der Waals surface area contributed by atoms with Gasteiger partial charge in [-0.1, -0.05) is 5.16 Å². The second-order valence-electron chi connectivity index (χ2n) is 6.84. The Morgan fingerprint density at radius 3 is 2.62 bits per heavy atom. The highest BCUT2D eigenvalue weighted by Crippen LogP contribution is 2.24. The Labute approximate surface area is 153 Å². The van der Waals surface area contributed by atoms with Gasteiger partial charge in [-0.05, 0) is 47.2 Å². The maximum Gasteiger partial charge on any atom is 0.259 e. The normalized spacial score (nSPS) is 12.4. The number of carbonyl (C=O) groups is 1. The van der Waals surface area contributed by atoms with Gasteiger partial charge in [-0.3, -0.25) is 9.59 Å². The maximum atomic E-state index is 12.4. The van der Waals surface area contributed by atoms with Gasteiger partial charge in [-0.25, -0.2) is 0 Å². The maximum absolute atomic E-state index is 12.4. The van der Waals surface area contributed by atoms with Crippen molar-refractivity contribution in [1.82, 2.24) is 25.3 Å². The van der Waals surface area contributed by atoms with Gasteiger partial charge in [0, 0.05) is 30.3 Å². The van der Waals surface area contributed by atoms with Gasteiger partial charge in [-0.15, -0.1) is 0 Å². The molecule has 8 heteroatoms. The summed E-state index contributed by atoms with van der Waals surface area (Å²) in [5.41, 5.74) is 1.83. The van der Waals surface area contributed by atoms with E-state index in [0.717, 1.165) is 5.56 Å². The third kappa shape index (κ3) is 4.57. The monoisotopic (exact) mass is 361 g/mol. The molecule has 1 atom stereocenters. The summed E-state index contributed by atoms with van der Waals surface area (Å²) in [4.78, 5) is 28.9. The van der Waals surface area contributed by atoms with Gasteiger partial charge in [0.15, 0.2) is 5.82 Å². The van der Waals surface area contributed by atoms with E-state index >= 15 is 0 Å². The molecule has 142 valence electrons. The molecule has 26 heavy (non-hydrogen) atoms. The van der Waals surface area contributed by atoms with E-state index in [2.05, 4.69) is 20.8 Å². The molecule has 2 aromatic heterocycles. The fourth-order valence-electron chi connectivity index (χ4n) is 2.77. The van der Waals surface area contributed by atoms with Crippen molar-refractivity contribution in [1.29, 1.82) is 0 Å². The van der Waals surface area contributed by atoms with Crippen molar-refractivity contribution in [3.8, 4) is 11.5 Å². The number of hydrogen-bond acceptors (Lipinski definition) is 6. The van der Waals surface area contributed by atoms with E-state index in [-0.39, 0.29) is 30.1 Å². The van der Waals surface area contributed by atoms with Crippen molar-refractivity contribution in [2.75, 3.05) is 7.05 Å². The Hall–Kier alpha value is -2.48. The van der Waals surface area contributed by atoms with E-state index < -0.39 is 0 Å². The molecule has 2 N–H and O–H groups in total. The van der Waals surface area contributed by atoms with E-state index in [4.69, 9.17) is 4.52 Å². The van der Waals surface area contributed by atoms with Crippen molar-refractivity contribution >= 4 is 5.91 Å². The highest BCUT2D eigenvalue weighted by Gasteiger charge is 2.19. The number of aryl methyl sites for hydroxylation is 1. The van der Waals surface area contributed by atoms with Gasteiger partial charge in [-0.2, -0.15) is 4.98 Å². The lowest BCUT2D eigenvalue weighted by Crippen LogP contribution is -2.36. The standard InChI is InChI=1S/C18H27N5O3/c1-10(2)20-15(24)9-23-13(5)17(11(3)7-16(23)25)18-21-14(22-26-18)8-12(4)19-6/h7,10,12,19H,8-9H2,1-6H3,(H,20,24). The van der Waals surface area contributed by atoms with Crippen LogP contribution in [0.1, 0.15) is 37.9 Å². The first-order valence-electron chi connectivity index (χ1n) is 8.73.